The van der Waals surface area contributed by atoms with Crippen molar-refractivity contribution < 1.29 is 19.1 Å². The van der Waals surface area contributed by atoms with E-state index in [1.807, 2.05) is 24.3 Å². The zero-order chi connectivity index (χ0) is 22.6. The van der Waals surface area contributed by atoms with Gasteiger partial charge in [0, 0.05) is 36.2 Å². The van der Waals surface area contributed by atoms with Gasteiger partial charge in [0.1, 0.15) is 5.75 Å². The number of amides is 1. The van der Waals surface area contributed by atoms with Crippen LogP contribution in [0.2, 0.25) is 0 Å². The fraction of sp³-hybridized carbons (Fsp3) is 0.423. The number of piperidine rings is 1. The van der Waals surface area contributed by atoms with Gasteiger partial charge in [0.15, 0.2) is 0 Å². The molecule has 0 unspecified atom stereocenters. The summed E-state index contributed by atoms with van der Waals surface area (Å²) >= 11 is 0. The molecule has 2 fully saturated rings. The van der Waals surface area contributed by atoms with E-state index in [1.54, 1.807) is 31.8 Å². The van der Waals surface area contributed by atoms with Crippen LogP contribution in [0.3, 0.4) is 0 Å². The van der Waals surface area contributed by atoms with Gasteiger partial charge in [-0.2, -0.15) is 0 Å². The Hall–Kier alpha value is -2.83. The highest BCUT2D eigenvalue weighted by molar-refractivity contribution is 5.91. The molecule has 1 saturated carbocycles. The molecule has 1 aromatic heterocycles. The molecule has 2 aromatic rings. The predicted molar refractivity (Wildman–Crippen MR) is 124 cm³/mol. The highest BCUT2D eigenvalue weighted by Gasteiger charge is 2.57. The van der Waals surface area contributed by atoms with E-state index in [9.17, 15) is 9.90 Å². The van der Waals surface area contributed by atoms with Crippen LogP contribution in [-0.4, -0.2) is 54.3 Å². The van der Waals surface area contributed by atoms with Crippen LogP contribution < -0.4 is 10.1 Å². The standard InChI is InChI=1S/C26H32N2O4/c1-3-13-28-14-12-25(21-5-4-6-23(16-21)31-2)17-22(9-11-26(25,30)19-28)27-24(29)8-7-20-10-15-32-18-20/h3-8,10,15-16,18,22,30H,1,9,11-14,17,19H2,2H3,(H,27,29)/b8-7+/t22-,25-,26-/m0/s1. The normalized spacial score (nSPS) is 28.2. The molecule has 1 saturated heterocycles. The third-order valence-electron chi connectivity index (χ3n) is 7.06. The van der Waals surface area contributed by atoms with Crippen LogP contribution in [0.5, 0.6) is 5.75 Å². The van der Waals surface area contributed by atoms with Crippen molar-refractivity contribution in [3.63, 3.8) is 0 Å². The lowest BCUT2D eigenvalue weighted by Gasteiger charge is -2.58. The lowest BCUT2D eigenvalue weighted by Crippen LogP contribution is -2.67. The summed E-state index contributed by atoms with van der Waals surface area (Å²) in [4.78, 5) is 14.9. The molecule has 0 spiro atoms. The highest BCUT2D eigenvalue weighted by atomic mass is 16.5. The van der Waals surface area contributed by atoms with E-state index in [0.29, 0.717) is 19.4 Å². The van der Waals surface area contributed by atoms with E-state index in [2.05, 4.69) is 22.9 Å². The first-order valence-electron chi connectivity index (χ1n) is 11.2. The minimum Gasteiger partial charge on any atom is -0.497 e. The number of carbonyl (C=O) groups is 1. The quantitative estimate of drug-likeness (QED) is 0.513. The Morgan fingerprint density at radius 2 is 2.28 bits per heavy atom. The molecule has 4 rings (SSSR count). The lowest BCUT2D eigenvalue weighted by molar-refractivity contribution is -0.130. The number of aliphatic hydroxyl groups is 1. The van der Waals surface area contributed by atoms with E-state index in [1.165, 1.54) is 6.08 Å². The largest absolute Gasteiger partial charge is 0.497 e. The molecule has 2 heterocycles. The van der Waals surface area contributed by atoms with Crippen molar-refractivity contribution in [1.29, 1.82) is 0 Å². The Morgan fingerprint density at radius 1 is 1.41 bits per heavy atom. The second kappa shape index (κ2) is 9.35. The number of methoxy groups -OCH3 is 1. The molecular weight excluding hydrogens is 404 g/mol. The first-order valence-corrected chi connectivity index (χ1v) is 11.2. The Balaban J connectivity index is 1.58. The first kappa shape index (κ1) is 22.4. The number of nitrogens with one attached hydrogen (secondary N) is 1. The monoisotopic (exact) mass is 436 g/mol. The minimum absolute atomic E-state index is 0.0195. The molecule has 0 radical (unpaired) electrons. The number of hydrogen-bond acceptors (Lipinski definition) is 5. The first-order chi connectivity index (χ1) is 15.5. The van der Waals surface area contributed by atoms with Gasteiger partial charge in [0.05, 0.1) is 25.2 Å². The number of nitrogens with zero attached hydrogens (tertiary/aromatic N) is 1. The van der Waals surface area contributed by atoms with Crippen molar-refractivity contribution in [3.05, 3.63) is 72.7 Å². The predicted octanol–water partition coefficient (Wildman–Crippen LogP) is 3.53. The Kier molecular flexibility index (Phi) is 6.53. The average molecular weight is 437 g/mol. The molecule has 2 aliphatic rings. The van der Waals surface area contributed by atoms with Crippen LogP contribution in [-0.2, 0) is 10.2 Å². The smallest absolute Gasteiger partial charge is 0.244 e. The number of carbonyl (C=O) groups excluding carboxylic acids is 1. The zero-order valence-corrected chi connectivity index (χ0v) is 18.6. The summed E-state index contributed by atoms with van der Waals surface area (Å²) in [5.74, 6) is 0.647. The van der Waals surface area contributed by atoms with E-state index < -0.39 is 11.0 Å². The number of β-amino-alcohol motifs (C(OH)–C–C–N with tert-alkyl or cyclic N) is 1. The molecule has 2 N–H and O–H groups in total. The molecule has 1 aliphatic carbocycles. The number of fused-ring (bicyclic) bond motifs is 1. The van der Waals surface area contributed by atoms with Gasteiger partial charge in [0.25, 0.3) is 0 Å². The van der Waals surface area contributed by atoms with Crippen molar-refractivity contribution in [2.24, 2.45) is 0 Å². The fourth-order valence-corrected chi connectivity index (χ4v) is 5.43. The van der Waals surface area contributed by atoms with Crippen molar-refractivity contribution in [2.45, 2.75) is 42.7 Å². The molecule has 1 aromatic carbocycles. The van der Waals surface area contributed by atoms with Crippen LogP contribution in [0.1, 0.15) is 36.8 Å². The molecule has 1 aliphatic heterocycles. The zero-order valence-electron chi connectivity index (χ0n) is 18.6. The molecule has 1 amide bonds. The van der Waals surface area contributed by atoms with Gasteiger partial charge in [-0.15, -0.1) is 6.58 Å². The van der Waals surface area contributed by atoms with Crippen LogP contribution in [0.4, 0.5) is 0 Å². The van der Waals surface area contributed by atoms with Gasteiger partial charge in [-0.1, -0.05) is 18.2 Å². The summed E-state index contributed by atoms with van der Waals surface area (Å²) in [7, 11) is 1.66. The maximum absolute atomic E-state index is 12.6. The summed E-state index contributed by atoms with van der Waals surface area (Å²) in [6.45, 7) is 6.08. The summed E-state index contributed by atoms with van der Waals surface area (Å²) in [6, 6.07) is 9.81. The van der Waals surface area contributed by atoms with E-state index in [4.69, 9.17) is 9.15 Å². The van der Waals surface area contributed by atoms with Gasteiger partial charge in [0.2, 0.25) is 5.91 Å². The summed E-state index contributed by atoms with van der Waals surface area (Å²) in [5.41, 5.74) is 0.587. The summed E-state index contributed by atoms with van der Waals surface area (Å²) in [5, 5.41) is 15.1. The lowest BCUT2D eigenvalue weighted by atomic mass is 9.55. The van der Waals surface area contributed by atoms with Crippen LogP contribution in [0.15, 0.2) is 66.0 Å². The Morgan fingerprint density at radius 3 is 3.03 bits per heavy atom. The third-order valence-corrected chi connectivity index (χ3v) is 7.06. The SMILES string of the molecule is C=CCN1CC[C@@]2(c3cccc(OC)c3)C[C@@H](NC(=O)/C=C/c3ccoc3)CC[C@]2(O)C1. The summed E-state index contributed by atoms with van der Waals surface area (Å²) in [6.07, 6.45) is 11.2. The number of rotatable bonds is 7. The van der Waals surface area contributed by atoms with Crippen molar-refractivity contribution in [1.82, 2.24) is 10.2 Å². The van der Waals surface area contributed by atoms with Gasteiger partial charge >= 0.3 is 0 Å². The van der Waals surface area contributed by atoms with Crippen LogP contribution >= 0.6 is 0 Å². The number of ether oxygens (including phenoxy) is 1. The number of benzene rings is 1. The second-order valence-electron chi connectivity index (χ2n) is 8.96. The third kappa shape index (κ3) is 4.38. The van der Waals surface area contributed by atoms with E-state index in [0.717, 1.165) is 42.8 Å². The highest BCUT2D eigenvalue weighted by Crippen LogP contribution is 2.52. The molecular formula is C26H32N2O4. The van der Waals surface area contributed by atoms with Gasteiger partial charge in [-0.3, -0.25) is 9.69 Å². The van der Waals surface area contributed by atoms with Crippen LogP contribution in [0, 0.1) is 0 Å². The average Bonchev–Trinajstić information content (AvgIpc) is 3.32. The minimum atomic E-state index is -0.880. The molecule has 170 valence electrons. The van der Waals surface area contributed by atoms with Crippen molar-refractivity contribution in [2.75, 3.05) is 26.7 Å². The topological polar surface area (TPSA) is 74.9 Å². The Bertz CT molecular complexity index is 970. The van der Waals surface area contributed by atoms with Crippen LogP contribution in [0.25, 0.3) is 6.08 Å². The van der Waals surface area contributed by atoms with Crippen molar-refractivity contribution >= 4 is 12.0 Å². The second-order valence-corrected chi connectivity index (χ2v) is 8.96. The molecule has 32 heavy (non-hydrogen) atoms. The molecule has 3 atom stereocenters. The van der Waals surface area contributed by atoms with Gasteiger partial charge in [-0.25, -0.2) is 0 Å². The molecule has 0 bridgehead atoms. The van der Waals surface area contributed by atoms with E-state index >= 15 is 0 Å². The maximum atomic E-state index is 12.6. The summed E-state index contributed by atoms with van der Waals surface area (Å²) < 4.78 is 10.5. The van der Waals surface area contributed by atoms with Gasteiger partial charge in [-0.05, 0) is 62.1 Å². The number of hydrogen-bond donors (Lipinski definition) is 2. The molecule has 6 heteroatoms. The molecule has 6 nitrogen and oxygen atoms in total. The van der Waals surface area contributed by atoms with Crippen molar-refractivity contribution in [3.8, 4) is 5.75 Å². The Labute approximate surface area is 189 Å². The number of likely N-dealkylation sites (tertiary alicyclic amines) is 1. The van der Waals surface area contributed by atoms with Gasteiger partial charge < -0.3 is 19.6 Å². The maximum Gasteiger partial charge on any atom is 0.244 e. The fourth-order valence-electron chi connectivity index (χ4n) is 5.43. The van der Waals surface area contributed by atoms with E-state index in [-0.39, 0.29) is 11.9 Å². The number of furan rings is 1.